The van der Waals surface area contributed by atoms with Crippen LogP contribution in [0.3, 0.4) is 0 Å². The van der Waals surface area contributed by atoms with Gasteiger partial charge in [0.2, 0.25) is 0 Å². The topological polar surface area (TPSA) is 26.3 Å². The number of benzene rings is 1. The Morgan fingerprint density at radius 1 is 1.53 bits per heavy atom. The van der Waals surface area contributed by atoms with E-state index in [1.807, 2.05) is 19.1 Å². The lowest BCUT2D eigenvalue weighted by molar-refractivity contribution is -0.143. The molecule has 104 valence electrons. The first kappa shape index (κ1) is 16.0. The number of hydrogen-bond donors (Lipinski definition) is 0. The van der Waals surface area contributed by atoms with Gasteiger partial charge in [-0.15, -0.1) is 6.58 Å². The number of hydrogen-bond acceptors (Lipinski definition) is 2. The van der Waals surface area contributed by atoms with Crippen molar-refractivity contribution in [1.29, 1.82) is 0 Å². The number of alkyl halides is 1. The zero-order valence-electron chi connectivity index (χ0n) is 11.4. The molecule has 0 fully saturated rings. The smallest absolute Gasteiger partial charge is 0.306 e. The largest absolute Gasteiger partial charge is 0.466 e. The quantitative estimate of drug-likeness (QED) is 0.397. The van der Waals surface area contributed by atoms with Crippen molar-refractivity contribution in [2.24, 2.45) is 0 Å². The Morgan fingerprint density at radius 2 is 2.32 bits per heavy atom. The molecule has 0 amide bonds. The van der Waals surface area contributed by atoms with Crippen molar-refractivity contribution in [1.82, 2.24) is 0 Å². The third kappa shape index (κ3) is 6.06. The average Bonchev–Trinajstić information content (AvgIpc) is 2.43. The van der Waals surface area contributed by atoms with E-state index >= 15 is 0 Å². The number of rotatable bonds is 8. The molecule has 0 N–H and O–H groups in total. The summed E-state index contributed by atoms with van der Waals surface area (Å²) in [6.45, 7) is 6.01. The number of allylic oxidation sites excluding steroid dienone is 1. The van der Waals surface area contributed by atoms with Crippen molar-refractivity contribution in [2.75, 3.05) is 6.61 Å². The monoisotopic (exact) mass is 324 g/mol. The Balaban J connectivity index is 2.56. The number of aryl methyl sites for hydroxylation is 1. The summed E-state index contributed by atoms with van der Waals surface area (Å²) in [5, 5.41) is 0. The minimum Gasteiger partial charge on any atom is -0.466 e. The summed E-state index contributed by atoms with van der Waals surface area (Å²) >= 11 is 3.69. The van der Waals surface area contributed by atoms with Crippen LogP contribution in [0.2, 0.25) is 0 Å². The highest BCUT2D eigenvalue weighted by Gasteiger charge is 2.08. The Bertz CT molecular complexity index is 415. The lowest BCUT2D eigenvalue weighted by Crippen LogP contribution is -2.05. The molecular weight excluding hydrogens is 304 g/mol. The summed E-state index contributed by atoms with van der Waals surface area (Å²) < 4.78 is 4.94. The van der Waals surface area contributed by atoms with E-state index < -0.39 is 0 Å². The predicted octanol–water partition coefficient (Wildman–Crippen LogP) is 4.58. The maximum atomic E-state index is 11.3. The van der Waals surface area contributed by atoms with Gasteiger partial charge < -0.3 is 4.74 Å². The second-order valence-electron chi connectivity index (χ2n) is 4.38. The van der Waals surface area contributed by atoms with Gasteiger partial charge in [0.15, 0.2) is 0 Å². The molecule has 0 heterocycles. The van der Waals surface area contributed by atoms with Crippen LogP contribution in [0.1, 0.15) is 42.1 Å². The van der Waals surface area contributed by atoms with E-state index in [0.717, 1.165) is 19.3 Å². The fourth-order valence-electron chi connectivity index (χ4n) is 1.85. The van der Waals surface area contributed by atoms with Crippen LogP contribution in [-0.2, 0) is 16.0 Å². The average molecular weight is 325 g/mol. The number of ether oxygens (including phenoxy) is 1. The molecule has 1 rings (SSSR count). The van der Waals surface area contributed by atoms with Crippen LogP contribution in [0, 0.1) is 0 Å². The molecule has 0 aliphatic heterocycles. The van der Waals surface area contributed by atoms with Gasteiger partial charge >= 0.3 is 5.97 Å². The lowest BCUT2D eigenvalue weighted by Gasteiger charge is -2.10. The zero-order chi connectivity index (χ0) is 14.1. The van der Waals surface area contributed by atoms with Crippen LogP contribution in [0.15, 0.2) is 36.9 Å². The molecule has 19 heavy (non-hydrogen) atoms. The maximum absolute atomic E-state index is 11.3. The highest BCUT2D eigenvalue weighted by Crippen LogP contribution is 2.28. The summed E-state index contributed by atoms with van der Waals surface area (Å²) in [6.07, 6.45) is 5.12. The van der Waals surface area contributed by atoms with Crippen molar-refractivity contribution >= 4 is 21.9 Å². The Hall–Kier alpha value is -1.09. The van der Waals surface area contributed by atoms with E-state index in [1.54, 1.807) is 0 Å². The first-order chi connectivity index (χ1) is 9.17. The molecule has 0 saturated carbocycles. The third-order valence-electron chi connectivity index (χ3n) is 2.86. The molecule has 1 aromatic carbocycles. The number of carbonyl (C=O) groups excluding carboxylic acids is 1. The van der Waals surface area contributed by atoms with Crippen LogP contribution in [0.4, 0.5) is 0 Å². The normalized spacial score (nSPS) is 11.9. The molecule has 0 saturated heterocycles. The van der Waals surface area contributed by atoms with Crippen LogP contribution in [-0.4, -0.2) is 12.6 Å². The molecule has 0 spiro atoms. The van der Waals surface area contributed by atoms with Gasteiger partial charge in [-0.3, -0.25) is 4.79 Å². The molecule has 0 aliphatic carbocycles. The highest BCUT2D eigenvalue weighted by molar-refractivity contribution is 9.09. The van der Waals surface area contributed by atoms with Crippen LogP contribution >= 0.6 is 15.9 Å². The summed E-state index contributed by atoms with van der Waals surface area (Å²) in [7, 11) is 0. The van der Waals surface area contributed by atoms with Gasteiger partial charge in [0.25, 0.3) is 0 Å². The van der Waals surface area contributed by atoms with E-state index in [0.29, 0.717) is 17.9 Å². The van der Waals surface area contributed by atoms with Crippen LogP contribution < -0.4 is 0 Å². The minimum absolute atomic E-state index is 0.130. The standard InChI is InChI=1S/C16H21BrO2/c1-3-5-9-15(17)14-8-6-7-13(12-14)10-11-16(18)19-4-2/h3,6-8,12,15H,1,4-5,9-11H2,2H3. The van der Waals surface area contributed by atoms with Crippen molar-refractivity contribution in [3.8, 4) is 0 Å². The molecule has 0 bridgehead atoms. The molecule has 0 aromatic heterocycles. The fraction of sp³-hybridized carbons (Fsp3) is 0.438. The molecule has 0 radical (unpaired) electrons. The summed E-state index contributed by atoms with van der Waals surface area (Å²) in [6, 6.07) is 8.35. The van der Waals surface area contributed by atoms with Gasteiger partial charge in [0, 0.05) is 11.2 Å². The van der Waals surface area contributed by atoms with Crippen LogP contribution in [0.5, 0.6) is 0 Å². The molecule has 0 aliphatic rings. The first-order valence-corrected chi connectivity index (χ1v) is 7.58. The van der Waals surface area contributed by atoms with Crippen molar-refractivity contribution in [2.45, 2.75) is 37.4 Å². The van der Waals surface area contributed by atoms with Gasteiger partial charge in [0.1, 0.15) is 0 Å². The molecular formula is C16H21BrO2. The second kappa shape index (κ2) is 8.92. The van der Waals surface area contributed by atoms with Gasteiger partial charge in [-0.25, -0.2) is 0 Å². The zero-order valence-corrected chi connectivity index (χ0v) is 13.0. The number of esters is 1. The maximum Gasteiger partial charge on any atom is 0.306 e. The summed E-state index contributed by atoms with van der Waals surface area (Å²) in [5.74, 6) is -0.130. The lowest BCUT2D eigenvalue weighted by atomic mass is 10.0. The van der Waals surface area contributed by atoms with Crippen molar-refractivity contribution < 1.29 is 9.53 Å². The van der Waals surface area contributed by atoms with E-state index in [2.05, 4.69) is 40.7 Å². The van der Waals surface area contributed by atoms with Gasteiger partial charge in [-0.1, -0.05) is 46.3 Å². The predicted molar refractivity (Wildman–Crippen MR) is 82.5 cm³/mol. The van der Waals surface area contributed by atoms with Gasteiger partial charge in [-0.2, -0.15) is 0 Å². The van der Waals surface area contributed by atoms with E-state index in [1.165, 1.54) is 11.1 Å². The first-order valence-electron chi connectivity index (χ1n) is 6.66. The molecule has 1 atom stereocenters. The fourth-order valence-corrected chi connectivity index (χ4v) is 2.40. The SMILES string of the molecule is C=CCCC(Br)c1cccc(CCC(=O)OCC)c1. The van der Waals surface area contributed by atoms with Crippen molar-refractivity contribution in [3.05, 3.63) is 48.0 Å². The molecule has 2 nitrogen and oxygen atoms in total. The Labute approximate surface area is 124 Å². The summed E-state index contributed by atoms with van der Waals surface area (Å²) in [5.41, 5.74) is 2.43. The van der Waals surface area contributed by atoms with Crippen LogP contribution in [0.25, 0.3) is 0 Å². The van der Waals surface area contributed by atoms with Gasteiger partial charge in [-0.05, 0) is 37.3 Å². The minimum atomic E-state index is -0.130. The van der Waals surface area contributed by atoms with Gasteiger partial charge in [0.05, 0.1) is 6.61 Å². The second-order valence-corrected chi connectivity index (χ2v) is 5.49. The number of halogens is 1. The molecule has 1 unspecified atom stereocenters. The van der Waals surface area contributed by atoms with Crippen molar-refractivity contribution in [3.63, 3.8) is 0 Å². The highest BCUT2D eigenvalue weighted by atomic mass is 79.9. The van der Waals surface area contributed by atoms with E-state index in [-0.39, 0.29) is 5.97 Å². The Morgan fingerprint density at radius 3 is 3.00 bits per heavy atom. The third-order valence-corrected chi connectivity index (χ3v) is 3.85. The van der Waals surface area contributed by atoms with E-state index in [4.69, 9.17) is 4.74 Å². The molecule has 3 heteroatoms. The summed E-state index contributed by atoms with van der Waals surface area (Å²) in [4.78, 5) is 11.7. The number of carbonyl (C=O) groups is 1. The Kier molecular flexibility index (Phi) is 7.49. The molecule has 1 aromatic rings. The van der Waals surface area contributed by atoms with E-state index in [9.17, 15) is 4.79 Å².